The highest BCUT2D eigenvalue weighted by Gasteiger charge is 2.28. The molecule has 1 rings (SSSR count). The number of piperidine rings is 1. The number of nitrogens with zero attached hydrogens (tertiary/aromatic N) is 1. The van der Waals surface area contributed by atoms with Crippen LogP contribution in [0.5, 0.6) is 0 Å². The average molecular weight is 169 g/mol. The van der Waals surface area contributed by atoms with E-state index in [2.05, 4.69) is 25.7 Å². The molecule has 0 N–H and O–H groups in total. The zero-order valence-corrected chi connectivity index (χ0v) is 8.90. The van der Waals surface area contributed by atoms with Crippen molar-refractivity contribution in [2.75, 3.05) is 13.1 Å². The molecular weight excluding hydrogens is 146 g/mol. The molecule has 0 unspecified atom stereocenters. The molecule has 1 aliphatic rings. The summed E-state index contributed by atoms with van der Waals surface area (Å²) in [4.78, 5) is 2.69. The first-order valence-electron chi connectivity index (χ1n) is 5.48. The van der Waals surface area contributed by atoms with Gasteiger partial charge in [0.15, 0.2) is 0 Å². The fourth-order valence-electron chi connectivity index (χ4n) is 2.13. The van der Waals surface area contributed by atoms with Crippen molar-refractivity contribution in [2.45, 2.75) is 58.4 Å². The first kappa shape index (κ1) is 10.0. The van der Waals surface area contributed by atoms with E-state index < -0.39 is 0 Å². The minimum absolute atomic E-state index is 0.487. The monoisotopic (exact) mass is 169 g/mol. The van der Waals surface area contributed by atoms with Gasteiger partial charge in [-0.25, -0.2) is 0 Å². The molecule has 0 aromatic carbocycles. The lowest BCUT2D eigenvalue weighted by atomic mass is 9.91. The molecule has 0 radical (unpaired) electrons. The van der Waals surface area contributed by atoms with Gasteiger partial charge in [0.1, 0.15) is 0 Å². The molecule has 1 fully saturated rings. The maximum Gasteiger partial charge on any atom is 0.0176 e. The fraction of sp³-hybridized carbons (Fsp3) is 1.00. The van der Waals surface area contributed by atoms with Gasteiger partial charge in [0.05, 0.1) is 0 Å². The molecule has 1 aliphatic heterocycles. The molecule has 72 valence electrons. The molecule has 0 aromatic heterocycles. The standard InChI is InChI=1S/C11H23N/c1-4-11(3,5-2)12-9-7-6-8-10-12/h4-10H2,1-3H3. The summed E-state index contributed by atoms with van der Waals surface area (Å²) in [6.07, 6.45) is 6.86. The summed E-state index contributed by atoms with van der Waals surface area (Å²) in [7, 11) is 0. The molecule has 0 aromatic rings. The average Bonchev–Trinajstić information content (AvgIpc) is 2.18. The Morgan fingerprint density at radius 1 is 1.00 bits per heavy atom. The second kappa shape index (κ2) is 4.27. The van der Waals surface area contributed by atoms with Crippen molar-refractivity contribution < 1.29 is 0 Å². The zero-order chi connectivity index (χ0) is 9.03. The lowest BCUT2D eigenvalue weighted by Crippen LogP contribution is -2.47. The van der Waals surface area contributed by atoms with E-state index in [0.717, 1.165) is 0 Å². The third kappa shape index (κ3) is 2.01. The maximum atomic E-state index is 2.69. The Balaban J connectivity index is 2.51. The fourth-order valence-corrected chi connectivity index (χ4v) is 2.13. The molecule has 0 aliphatic carbocycles. The van der Waals surface area contributed by atoms with Gasteiger partial charge in [-0.1, -0.05) is 20.3 Å². The normalized spacial score (nSPS) is 21.2. The predicted molar refractivity (Wildman–Crippen MR) is 54.4 cm³/mol. The highest BCUT2D eigenvalue weighted by molar-refractivity contribution is 4.85. The maximum absolute atomic E-state index is 2.69. The van der Waals surface area contributed by atoms with Gasteiger partial charge in [0.25, 0.3) is 0 Å². The van der Waals surface area contributed by atoms with Crippen LogP contribution in [0.4, 0.5) is 0 Å². The Hall–Kier alpha value is -0.0400. The van der Waals surface area contributed by atoms with Crippen LogP contribution in [0.1, 0.15) is 52.9 Å². The van der Waals surface area contributed by atoms with Crippen molar-refractivity contribution in [1.82, 2.24) is 4.90 Å². The van der Waals surface area contributed by atoms with Crippen molar-refractivity contribution in [3.63, 3.8) is 0 Å². The van der Waals surface area contributed by atoms with Gasteiger partial charge in [0, 0.05) is 5.54 Å². The number of rotatable bonds is 3. The summed E-state index contributed by atoms with van der Waals surface area (Å²) >= 11 is 0. The number of hydrogen-bond donors (Lipinski definition) is 0. The minimum Gasteiger partial charge on any atom is -0.298 e. The number of hydrogen-bond acceptors (Lipinski definition) is 1. The molecule has 12 heavy (non-hydrogen) atoms. The molecule has 1 heterocycles. The summed E-state index contributed by atoms with van der Waals surface area (Å²) in [5.41, 5.74) is 0.487. The molecule has 1 saturated heterocycles. The highest BCUT2D eigenvalue weighted by atomic mass is 15.2. The van der Waals surface area contributed by atoms with Gasteiger partial charge >= 0.3 is 0 Å². The Morgan fingerprint density at radius 2 is 1.50 bits per heavy atom. The van der Waals surface area contributed by atoms with Gasteiger partial charge in [-0.05, 0) is 45.7 Å². The molecule has 0 atom stereocenters. The van der Waals surface area contributed by atoms with E-state index in [1.54, 1.807) is 0 Å². The summed E-state index contributed by atoms with van der Waals surface area (Å²) < 4.78 is 0. The van der Waals surface area contributed by atoms with Gasteiger partial charge < -0.3 is 0 Å². The number of likely N-dealkylation sites (tertiary alicyclic amines) is 1. The van der Waals surface area contributed by atoms with E-state index in [4.69, 9.17) is 0 Å². The van der Waals surface area contributed by atoms with Gasteiger partial charge in [-0.3, -0.25) is 4.90 Å². The largest absolute Gasteiger partial charge is 0.298 e. The molecule has 1 nitrogen and oxygen atoms in total. The van der Waals surface area contributed by atoms with Gasteiger partial charge in [-0.15, -0.1) is 0 Å². The first-order chi connectivity index (χ1) is 5.73. The van der Waals surface area contributed by atoms with Crippen molar-refractivity contribution in [1.29, 1.82) is 0 Å². The van der Waals surface area contributed by atoms with Crippen LogP contribution in [-0.2, 0) is 0 Å². The highest BCUT2D eigenvalue weighted by Crippen LogP contribution is 2.26. The van der Waals surface area contributed by atoms with Crippen molar-refractivity contribution >= 4 is 0 Å². The van der Waals surface area contributed by atoms with Gasteiger partial charge in [0.2, 0.25) is 0 Å². The first-order valence-corrected chi connectivity index (χ1v) is 5.48. The predicted octanol–water partition coefficient (Wildman–Crippen LogP) is 3.05. The third-order valence-corrected chi connectivity index (χ3v) is 3.64. The van der Waals surface area contributed by atoms with Crippen LogP contribution >= 0.6 is 0 Å². The molecule has 0 spiro atoms. The van der Waals surface area contributed by atoms with E-state index in [9.17, 15) is 0 Å². The van der Waals surface area contributed by atoms with Crippen molar-refractivity contribution in [2.24, 2.45) is 0 Å². The van der Waals surface area contributed by atoms with E-state index in [1.165, 1.54) is 45.2 Å². The van der Waals surface area contributed by atoms with Crippen LogP contribution in [0.15, 0.2) is 0 Å². The van der Waals surface area contributed by atoms with Crippen molar-refractivity contribution in [3.8, 4) is 0 Å². The van der Waals surface area contributed by atoms with Crippen LogP contribution in [-0.4, -0.2) is 23.5 Å². The second-order valence-corrected chi connectivity index (χ2v) is 4.25. The Morgan fingerprint density at radius 3 is 1.92 bits per heavy atom. The SMILES string of the molecule is CCC(C)(CC)N1CCCCC1. The van der Waals surface area contributed by atoms with E-state index >= 15 is 0 Å². The second-order valence-electron chi connectivity index (χ2n) is 4.25. The zero-order valence-electron chi connectivity index (χ0n) is 8.90. The van der Waals surface area contributed by atoms with Crippen LogP contribution in [0.2, 0.25) is 0 Å². The summed E-state index contributed by atoms with van der Waals surface area (Å²) in [6.45, 7) is 9.71. The summed E-state index contributed by atoms with van der Waals surface area (Å²) in [5.74, 6) is 0. The Kier molecular flexibility index (Phi) is 3.57. The Labute approximate surface area is 77.1 Å². The molecule has 0 saturated carbocycles. The van der Waals surface area contributed by atoms with Crippen LogP contribution in [0, 0.1) is 0 Å². The summed E-state index contributed by atoms with van der Waals surface area (Å²) in [5, 5.41) is 0. The van der Waals surface area contributed by atoms with Crippen LogP contribution < -0.4 is 0 Å². The Bertz CT molecular complexity index is 121. The van der Waals surface area contributed by atoms with Gasteiger partial charge in [-0.2, -0.15) is 0 Å². The minimum atomic E-state index is 0.487. The quantitative estimate of drug-likeness (QED) is 0.627. The smallest absolute Gasteiger partial charge is 0.0176 e. The third-order valence-electron chi connectivity index (χ3n) is 3.64. The van der Waals surface area contributed by atoms with Crippen molar-refractivity contribution in [3.05, 3.63) is 0 Å². The molecule has 1 heteroatoms. The van der Waals surface area contributed by atoms with E-state index in [1.807, 2.05) is 0 Å². The molecule has 0 bridgehead atoms. The lowest BCUT2D eigenvalue weighted by molar-refractivity contribution is 0.0735. The van der Waals surface area contributed by atoms with E-state index in [0.29, 0.717) is 5.54 Å². The lowest BCUT2D eigenvalue weighted by Gasteiger charge is -2.42. The molecular formula is C11H23N. The van der Waals surface area contributed by atoms with Crippen LogP contribution in [0.3, 0.4) is 0 Å². The topological polar surface area (TPSA) is 3.24 Å². The molecule has 0 amide bonds. The van der Waals surface area contributed by atoms with Crippen LogP contribution in [0.25, 0.3) is 0 Å². The summed E-state index contributed by atoms with van der Waals surface area (Å²) in [6, 6.07) is 0. The van der Waals surface area contributed by atoms with E-state index in [-0.39, 0.29) is 0 Å².